The minimum atomic E-state index is -1.95. The summed E-state index contributed by atoms with van der Waals surface area (Å²) < 4.78 is 20.8. The number of aryl methyl sites for hydroxylation is 1. The van der Waals surface area contributed by atoms with E-state index in [9.17, 15) is 4.79 Å². The van der Waals surface area contributed by atoms with E-state index in [0.717, 1.165) is 11.4 Å². The highest BCUT2D eigenvalue weighted by atomic mass is 28.4. The molecule has 0 radical (unpaired) electrons. The summed E-state index contributed by atoms with van der Waals surface area (Å²) in [5.74, 6) is 1.35. The fraction of sp³-hybridized carbons (Fsp3) is 0.393. The Hall–Kier alpha value is -3.63. The highest BCUT2D eigenvalue weighted by Gasteiger charge is 2.37. The summed E-state index contributed by atoms with van der Waals surface area (Å²) in [5, 5.41) is 4.80. The van der Waals surface area contributed by atoms with E-state index in [-0.39, 0.29) is 10.6 Å². The smallest absolute Gasteiger partial charge is 0.265 e. The topological polar surface area (TPSA) is 83.6 Å². The zero-order chi connectivity index (χ0) is 27.7. The number of methoxy groups -OCH3 is 2. The molecule has 10 heteroatoms. The molecule has 0 atom stereocenters. The Labute approximate surface area is 224 Å². The van der Waals surface area contributed by atoms with E-state index in [1.54, 1.807) is 37.6 Å². The molecule has 0 amide bonds. The SMILES string of the molecule is COc1cc(OC)cc(N(CCO[Si](C)(C)C(C)(C)C)c2ccc3ncn(-c4cnn(C)c4)c(=O)c3c2)c1. The van der Waals surface area contributed by atoms with Crippen LogP contribution >= 0.6 is 0 Å². The fourth-order valence-corrected chi connectivity index (χ4v) is 4.99. The Morgan fingerprint density at radius 2 is 1.68 bits per heavy atom. The first-order valence-corrected chi connectivity index (χ1v) is 15.5. The van der Waals surface area contributed by atoms with Crippen molar-refractivity contribution < 1.29 is 13.9 Å². The van der Waals surface area contributed by atoms with Gasteiger partial charge in [0.2, 0.25) is 0 Å². The van der Waals surface area contributed by atoms with Crippen LogP contribution in [0, 0.1) is 0 Å². The molecule has 0 fully saturated rings. The van der Waals surface area contributed by atoms with Gasteiger partial charge in [-0.25, -0.2) is 4.98 Å². The first-order chi connectivity index (χ1) is 17.9. The Morgan fingerprint density at radius 1 is 1.00 bits per heavy atom. The van der Waals surface area contributed by atoms with Gasteiger partial charge in [-0.2, -0.15) is 5.10 Å². The van der Waals surface area contributed by atoms with Crippen LogP contribution in [0.3, 0.4) is 0 Å². The van der Waals surface area contributed by atoms with Crippen molar-refractivity contribution in [1.82, 2.24) is 19.3 Å². The highest BCUT2D eigenvalue weighted by Crippen LogP contribution is 2.37. The van der Waals surface area contributed by atoms with Crippen LogP contribution in [0.1, 0.15) is 20.8 Å². The van der Waals surface area contributed by atoms with E-state index >= 15 is 0 Å². The van der Waals surface area contributed by atoms with E-state index in [2.05, 4.69) is 48.8 Å². The lowest BCUT2D eigenvalue weighted by atomic mass is 10.1. The maximum Gasteiger partial charge on any atom is 0.265 e. The highest BCUT2D eigenvalue weighted by molar-refractivity contribution is 6.74. The third kappa shape index (κ3) is 5.61. The van der Waals surface area contributed by atoms with Gasteiger partial charge in [0, 0.05) is 49.4 Å². The lowest BCUT2D eigenvalue weighted by Gasteiger charge is -2.37. The molecule has 2 heterocycles. The van der Waals surface area contributed by atoms with Crippen LogP contribution in [0.2, 0.25) is 18.1 Å². The van der Waals surface area contributed by atoms with E-state index in [4.69, 9.17) is 13.9 Å². The molecule has 0 aliphatic heterocycles. The van der Waals surface area contributed by atoms with Crippen molar-refractivity contribution in [3.63, 3.8) is 0 Å². The van der Waals surface area contributed by atoms with Crippen molar-refractivity contribution in [3.8, 4) is 17.2 Å². The number of benzene rings is 2. The van der Waals surface area contributed by atoms with E-state index < -0.39 is 8.32 Å². The van der Waals surface area contributed by atoms with Crippen LogP contribution < -0.4 is 19.9 Å². The molecule has 4 aromatic rings. The van der Waals surface area contributed by atoms with Gasteiger partial charge >= 0.3 is 0 Å². The van der Waals surface area contributed by atoms with Gasteiger partial charge < -0.3 is 18.8 Å². The van der Waals surface area contributed by atoms with Gasteiger partial charge in [0.05, 0.1) is 43.6 Å². The second kappa shape index (κ2) is 10.6. The van der Waals surface area contributed by atoms with Gasteiger partial charge in [-0.1, -0.05) is 20.8 Å². The third-order valence-electron chi connectivity index (χ3n) is 7.25. The molecule has 202 valence electrons. The standard InChI is InChI=1S/C28H37N5O4Si/c1-28(2,3)38(7,8)37-12-11-32(21-13-23(35-5)16-24(14-21)36-6)20-9-10-26-25(15-20)27(34)33(19-29-26)22-17-30-31(4)18-22/h9-10,13-19H,11-12H2,1-8H3. The Bertz CT molecular complexity index is 1470. The molecular formula is C28H37N5O4Si. The summed E-state index contributed by atoms with van der Waals surface area (Å²) in [6.45, 7) is 12.3. The molecule has 0 spiro atoms. The van der Waals surface area contributed by atoms with Crippen molar-refractivity contribution in [2.24, 2.45) is 7.05 Å². The lowest BCUT2D eigenvalue weighted by molar-refractivity contribution is 0.297. The Kier molecular flexibility index (Phi) is 7.66. The maximum atomic E-state index is 13.5. The molecule has 2 aromatic carbocycles. The van der Waals surface area contributed by atoms with E-state index in [1.165, 1.54) is 4.57 Å². The zero-order valence-electron chi connectivity index (χ0n) is 23.5. The molecule has 0 unspecified atom stereocenters. The molecule has 0 bridgehead atoms. The predicted molar refractivity (Wildman–Crippen MR) is 154 cm³/mol. The number of rotatable bonds is 9. The summed E-state index contributed by atoms with van der Waals surface area (Å²) in [6.07, 6.45) is 4.97. The molecule has 4 rings (SSSR count). The summed E-state index contributed by atoms with van der Waals surface area (Å²) in [4.78, 5) is 20.2. The first kappa shape index (κ1) is 27.4. The van der Waals surface area contributed by atoms with Crippen molar-refractivity contribution in [3.05, 3.63) is 65.5 Å². The summed E-state index contributed by atoms with van der Waals surface area (Å²) in [6, 6.07) is 11.5. The summed E-state index contributed by atoms with van der Waals surface area (Å²) >= 11 is 0. The van der Waals surface area contributed by atoms with Crippen LogP contribution in [0.25, 0.3) is 16.6 Å². The van der Waals surface area contributed by atoms with E-state index in [1.807, 2.05) is 43.4 Å². The van der Waals surface area contributed by atoms with Crippen LogP contribution in [-0.2, 0) is 11.5 Å². The van der Waals surface area contributed by atoms with Gasteiger partial charge in [-0.3, -0.25) is 14.0 Å². The normalized spacial score (nSPS) is 12.1. The van der Waals surface area contributed by atoms with Crippen molar-refractivity contribution in [1.29, 1.82) is 0 Å². The number of hydrogen-bond donors (Lipinski definition) is 0. The van der Waals surface area contributed by atoms with Crippen LogP contribution in [-0.4, -0.2) is 55.0 Å². The van der Waals surface area contributed by atoms with Crippen LogP contribution in [0.5, 0.6) is 11.5 Å². The van der Waals surface area contributed by atoms with Gasteiger partial charge in [0.25, 0.3) is 5.56 Å². The zero-order valence-corrected chi connectivity index (χ0v) is 24.5. The van der Waals surface area contributed by atoms with Gasteiger partial charge in [-0.05, 0) is 36.3 Å². The summed E-state index contributed by atoms with van der Waals surface area (Å²) in [7, 11) is 3.12. The van der Waals surface area contributed by atoms with Gasteiger partial charge in [-0.15, -0.1) is 0 Å². The van der Waals surface area contributed by atoms with E-state index in [0.29, 0.717) is 41.2 Å². The number of nitrogens with zero attached hydrogens (tertiary/aromatic N) is 5. The molecule has 0 N–H and O–H groups in total. The second-order valence-electron chi connectivity index (χ2n) is 10.8. The Balaban J connectivity index is 1.79. The first-order valence-electron chi connectivity index (χ1n) is 12.6. The van der Waals surface area contributed by atoms with Crippen molar-refractivity contribution in [2.45, 2.75) is 38.9 Å². The minimum absolute atomic E-state index is 0.100. The number of ether oxygens (including phenoxy) is 2. The van der Waals surface area contributed by atoms with Crippen LogP contribution in [0.4, 0.5) is 11.4 Å². The molecule has 0 saturated heterocycles. The molecule has 0 saturated carbocycles. The molecule has 2 aromatic heterocycles. The lowest BCUT2D eigenvalue weighted by Crippen LogP contribution is -2.42. The number of fused-ring (bicyclic) bond motifs is 1. The third-order valence-corrected chi connectivity index (χ3v) is 11.8. The average Bonchev–Trinajstić information content (AvgIpc) is 3.31. The molecule has 9 nitrogen and oxygen atoms in total. The molecule has 0 aliphatic carbocycles. The molecule has 0 aliphatic rings. The second-order valence-corrected chi connectivity index (χ2v) is 15.6. The fourth-order valence-electron chi connectivity index (χ4n) is 3.96. The quantitative estimate of drug-likeness (QED) is 0.269. The van der Waals surface area contributed by atoms with Gasteiger partial charge in [0.1, 0.15) is 17.8 Å². The van der Waals surface area contributed by atoms with Gasteiger partial charge in [0.15, 0.2) is 8.32 Å². The number of hydrogen-bond acceptors (Lipinski definition) is 7. The number of anilines is 2. The minimum Gasteiger partial charge on any atom is -0.497 e. The molecular weight excluding hydrogens is 498 g/mol. The maximum absolute atomic E-state index is 13.5. The Morgan fingerprint density at radius 3 is 2.26 bits per heavy atom. The van der Waals surface area contributed by atoms with Crippen LogP contribution in [0.15, 0.2) is 59.9 Å². The average molecular weight is 536 g/mol. The monoisotopic (exact) mass is 535 g/mol. The summed E-state index contributed by atoms with van der Waals surface area (Å²) in [5.41, 5.74) is 2.84. The molecule has 38 heavy (non-hydrogen) atoms. The van der Waals surface area contributed by atoms with Crippen molar-refractivity contribution in [2.75, 3.05) is 32.3 Å². The predicted octanol–water partition coefficient (Wildman–Crippen LogP) is 5.30. The number of aromatic nitrogens is 4. The largest absolute Gasteiger partial charge is 0.497 e. The van der Waals surface area contributed by atoms with Crippen molar-refractivity contribution >= 4 is 30.6 Å².